The molecule has 1 heterocycles. The van der Waals surface area contributed by atoms with Crippen molar-refractivity contribution in [3.8, 4) is 0 Å². The number of nitrogens with zero attached hydrogens (tertiary/aromatic N) is 1. The van der Waals surface area contributed by atoms with Crippen LogP contribution >= 0.6 is 23.2 Å². The van der Waals surface area contributed by atoms with Crippen LogP contribution in [0, 0.1) is 0 Å². The van der Waals surface area contributed by atoms with Gasteiger partial charge in [0, 0.05) is 30.6 Å². The number of likely N-dealkylation sites (N-methyl/N-ethyl adjacent to an activating group) is 1. The normalized spacial score (nSPS) is 19.3. The lowest BCUT2D eigenvalue weighted by Crippen LogP contribution is -2.37. The van der Waals surface area contributed by atoms with E-state index in [4.69, 9.17) is 27.9 Å². The van der Waals surface area contributed by atoms with Gasteiger partial charge in [0.2, 0.25) is 10.0 Å². The van der Waals surface area contributed by atoms with E-state index in [1.807, 2.05) is 6.92 Å². The van der Waals surface area contributed by atoms with Crippen molar-refractivity contribution in [2.75, 3.05) is 19.7 Å². The smallest absolute Gasteiger partial charge is 0.243 e. The number of sulfonamides is 1. The van der Waals surface area contributed by atoms with E-state index in [1.54, 1.807) is 12.1 Å². The maximum absolute atomic E-state index is 12.7. The Labute approximate surface area is 136 Å². The molecule has 1 aliphatic rings. The molecule has 2 rings (SSSR count). The predicted octanol–water partition coefficient (Wildman–Crippen LogP) is 3.27. The predicted molar refractivity (Wildman–Crippen MR) is 84.4 cm³/mol. The van der Waals surface area contributed by atoms with Crippen molar-refractivity contribution < 1.29 is 13.2 Å². The summed E-state index contributed by atoms with van der Waals surface area (Å²) in [4.78, 5) is 0.196. The molecule has 0 N–H and O–H groups in total. The third-order valence-electron chi connectivity index (χ3n) is 3.59. The van der Waals surface area contributed by atoms with E-state index in [0.29, 0.717) is 24.7 Å². The van der Waals surface area contributed by atoms with Crippen LogP contribution in [0.4, 0.5) is 0 Å². The fraction of sp³-hybridized carbons (Fsp3) is 0.571. The molecule has 4 nitrogen and oxygen atoms in total. The zero-order valence-electron chi connectivity index (χ0n) is 11.9. The van der Waals surface area contributed by atoms with Gasteiger partial charge in [0.1, 0.15) is 0 Å². The monoisotopic (exact) mass is 351 g/mol. The zero-order valence-corrected chi connectivity index (χ0v) is 14.2. The lowest BCUT2D eigenvalue weighted by Gasteiger charge is -2.23. The summed E-state index contributed by atoms with van der Waals surface area (Å²) in [6.07, 6.45) is 1.87. The molecule has 1 saturated heterocycles. The van der Waals surface area contributed by atoms with Gasteiger partial charge < -0.3 is 4.74 Å². The summed E-state index contributed by atoms with van der Waals surface area (Å²) in [6.45, 7) is 3.31. The number of hydrogen-bond acceptors (Lipinski definition) is 3. The highest BCUT2D eigenvalue weighted by molar-refractivity contribution is 7.89. The minimum absolute atomic E-state index is 0.0164. The van der Waals surface area contributed by atoms with Crippen LogP contribution in [0.15, 0.2) is 23.1 Å². The van der Waals surface area contributed by atoms with Crippen LogP contribution < -0.4 is 0 Å². The van der Waals surface area contributed by atoms with E-state index < -0.39 is 10.0 Å². The number of alkyl halides is 1. The molecular formula is C14H19Cl2NO3S. The number of hydrogen-bond donors (Lipinski definition) is 0. The maximum Gasteiger partial charge on any atom is 0.243 e. The SMILES string of the molecule is CCN(CC1CCCO1)S(=O)(=O)c1ccc(CCl)c(Cl)c1. The minimum Gasteiger partial charge on any atom is -0.377 e. The number of rotatable bonds is 6. The Morgan fingerprint density at radius 3 is 2.71 bits per heavy atom. The summed E-state index contributed by atoms with van der Waals surface area (Å²) in [5, 5.41) is 0.374. The van der Waals surface area contributed by atoms with E-state index in [0.717, 1.165) is 18.4 Å². The fourth-order valence-corrected chi connectivity index (χ4v) is 4.48. The van der Waals surface area contributed by atoms with Gasteiger partial charge >= 0.3 is 0 Å². The van der Waals surface area contributed by atoms with Crippen molar-refractivity contribution in [3.05, 3.63) is 28.8 Å². The molecule has 1 unspecified atom stereocenters. The molecule has 0 spiro atoms. The third kappa shape index (κ3) is 3.90. The van der Waals surface area contributed by atoms with Gasteiger partial charge in [-0.3, -0.25) is 0 Å². The molecule has 1 aromatic carbocycles. The van der Waals surface area contributed by atoms with Crippen LogP contribution in [-0.4, -0.2) is 38.5 Å². The second kappa shape index (κ2) is 7.29. The van der Waals surface area contributed by atoms with Crippen molar-refractivity contribution in [1.29, 1.82) is 0 Å². The Morgan fingerprint density at radius 2 is 2.19 bits per heavy atom. The summed E-state index contributed by atoms with van der Waals surface area (Å²) in [5.41, 5.74) is 0.722. The van der Waals surface area contributed by atoms with Crippen LogP contribution in [0.1, 0.15) is 25.3 Å². The second-order valence-electron chi connectivity index (χ2n) is 4.98. The van der Waals surface area contributed by atoms with E-state index in [-0.39, 0.29) is 16.9 Å². The van der Waals surface area contributed by atoms with Gasteiger partial charge in [-0.25, -0.2) is 8.42 Å². The average molecular weight is 352 g/mol. The summed E-state index contributed by atoms with van der Waals surface area (Å²) < 4.78 is 32.3. The molecule has 0 amide bonds. The highest BCUT2D eigenvalue weighted by Crippen LogP contribution is 2.25. The highest BCUT2D eigenvalue weighted by Gasteiger charge is 2.28. The van der Waals surface area contributed by atoms with Gasteiger partial charge in [0.25, 0.3) is 0 Å². The first-order valence-electron chi connectivity index (χ1n) is 6.95. The Hall–Kier alpha value is -0.330. The molecule has 0 radical (unpaired) electrons. The molecule has 118 valence electrons. The third-order valence-corrected chi connectivity index (χ3v) is 6.17. The molecule has 0 aliphatic carbocycles. The van der Waals surface area contributed by atoms with Crippen molar-refractivity contribution in [3.63, 3.8) is 0 Å². The van der Waals surface area contributed by atoms with Gasteiger partial charge in [-0.1, -0.05) is 24.6 Å². The van der Waals surface area contributed by atoms with Crippen molar-refractivity contribution in [2.24, 2.45) is 0 Å². The van der Waals surface area contributed by atoms with Gasteiger partial charge in [0.05, 0.1) is 11.0 Å². The summed E-state index contributed by atoms with van der Waals surface area (Å²) >= 11 is 11.8. The van der Waals surface area contributed by atoms with Crippen LogP contribution in [0.5, 0.6) is 0 Å². The second-order valence-corrected chi connectivity index (χ2v) is 7.59. The molecule has 1 atom stereocenters. The van der Waals surface area contributed by atoms with Crippen molar-refractivity contribution in [2.45, 2.75) is 36.6 Å². The van der Waals surface area contributed by atoms with E-state index in [9.17, 15) is 8.42 Å². The molecule has 0 bridgehead atoms. The molecule has 21 heavy (non-hydrogen) atoms. The van der Waals surface area contributed by atoms with E-state index >= 15 is 0 Å². The fourth-order valence-electron chi connectivity index (χ4n) is 2.36. The Kier molecular flexibility index (Phi) is 5.91. The van der Waals surface area contributed by atoms with Gasteiger partial charge in [0.15, 0.2) is 0 Å². The van der Waals surface area contributed by atoms with Gasteiger partial charge in [-0.15, -0.1) is 11.6 Å². The number of benzene rings is 1. The standard InChI is InChI=1S/C14H19Cl2NO3S/c1-2-17(10-12-4-3-7-20-12)21(18,19)13-6-5-11(9-15)14(16)8-13/h5-6,8,12H,2-4,7,9-10H2,1H3. The first-order valence-corrected chi connectivity index (χ1v) is 9.30. The highest BCUT2D eigenvalue weighted by atomic mass is 35.5. The van der Waals surface area contributed by atoms with E-state index in [1.165, 1.54) is 10.4 Å². The number of halogens is 2. The molecule has 7 heteroatoms. The summed E-state index contributed by atoms with van der Waals surface area (Å²) in [7, 11) is -3.56. The lowest BCUT2D eigenvalue weighted by molar-refractivity contribution is 0.0947. The quantitative estimate of drug-likeness (QED) is 0.739. The summed E-state index contributed by atoms with van der Waals surface area (Å²) in [5.74, 6) is 0.257. The molecule has 1 fully saturated rings. The molecule has 1 aromatic rings. The first-order chi connectivity index (χ1) is 9.98. The Balaban J connectivity index is 2.23. The lowest BCUT2D eigenvalue weighted by atomic mass is 10.2. The van der Waals surface area contributed by atoms with Crippen LogP contribution in [-0.2, 0) is 20.6 Å². The molecule has 0 aromatic heterocycles. The minimum atomic E-state index is -3.56. The van der Waals surface area contributed by atoms with Crippen LogP contribution in [0.2, 0.25) is 5.02 Å². The largest absolute Gasteiger partial charge is 0.377 e. The van der Waals surface area contributed by atoms with Crippen molar-refractivity contribution in [1.82, 2.24) is 4.31 Å². The van der Waals surface area contributed by atoms with Gasteiger partial charge in [-0.2, -0.15) is 4.31 Å². The maximum atomic E-state index is 12.7. The van der Waals surface area contributed by atoms with Gasteiger partial charge in [-0.05, 0) is 30.5 Å². The first kappa shape index (κ1) is 17.0. The average Bonchev–Trinajstić information content (AvgIpc) is 2.97. The summed E-state index contributed by atoms with van der Waals surface area (Å²) in [6, 6.07) is 4.67. The molecule has 0 saturated carbocycles. The molecule has 1 aliphatic heterocycles. The Morgan fingerprint density at radius 1 is 1.43 bits per heavy atom. The van der Waals surface area contributed by atoms with Crippen LogP contribution in [0.25, 0.3) is 0 Å². The van der Waals surface area contributed by atoms with E-state index in [2.05, 4.69) is 0 Å². The Bertz CT molecular complexity index is 586. The number of ether oxygens (including phenoxy) is 1. The zero-order chi connectivity index (χ0) is 15.5. The topological polar surface area (TPSA) is 46.6 Å². The van der Waals surface area contributed by atoms with Crippen LogP contribution in [0.3, 0.4) is 0 Å². The van der Waals surface area contributed by atoms with Crippen molar-refractivity contribution >= 4 is 33.2 Å². The molecular weight excluding hydrogens is 333 g/mol.